The summed E-state index contributed by atoms with van der Waals surface area (Å²) in [5.41, 5.74) is 0.981. The molecule has 0 amide bonds. The number of nitrogens with zero attached hydrogens (tertiary/aromatic N) is 4. The number of hydrogen-bond acceptors (Lipinski definition) is 11. The molecule has 0 bridgehead atoms. The van der Waals surface area contributed by atoms with Gasteiger partial charge in [-0.1, -0.05) is 12.1 Å². The number of esters is 2. The Bertz CT molecular complexity index is 1230. The number of ether oxygens (including phenoxy) is 3. The molecule has 0 N–H and O–H groups in total. The molecule has 3 rings (SSSR count). The topological polar surface area (TPSA) is 152 Å². The zero-order valence-corrected chi connectivity index (χ0v) is 21.3. The summed E-state index contributed by atoms with van der Waals surface area (Å²) in [5.74, 6) is -3.13. The van der Waals surface area contributed by atoms with Crippen molar-refractivity contribution >= 4 is 41.2 Å². The summed E-state index contributed by atoms with van der Waals surface area (Å²) in [4.78, 5) is 57.5. The van der Waals surface area contributed by atoms with Crippen LogP contribution in [0.1, 0.15) is 32.3 Å². The highest BCUT2D eigenvalue weighted by Crippen LogP contribution is 2.41. The molecule has 0 aliphatic carbocycles. The van der Waals surface area contributed by atoms with Crippen molar-refractivity contribution < 1.29 is 33.5 Å². The van der Waals surface area contributed by atoms with E-state index in [-0.39, 0.29) is 36.2 Å². The lowest BCUT2D eigenvalue weighted by Crippen LogP contribution is -2.37. The molecule has 2 unspecified atom stereocenters. The summed E-state index contributed by atoms with van der Waals surface area (Å²) >= 11 is 1.18. The van der Waals surface area contributed by atoms with E-state index in [1.807, 2.05) is 0 Å². The first kappa shape index (κ1) is 27.6. The van der Waals surface area contributed by atoms with Crippen LogP contribution in [0.2, 0.25) is 0 Å². The summed E-state index contributed by atoms with van der Waals surface area (Å²) in [6.07, 6.45) is 3.58. The van der Waals surface area contributed by atoms with E-state index in [2.05, 4.69) is 9.98 Å². The molecular weight excluding hydrogens is 504 g/mol. The molecule has 0 radical (unpaired) electrons. The molecule has 1 aliphatic rings. The van der Waals surface area contributed by atoms with E-state index in [0.29, 0.717) is 17.0 Å². The number of hydrogen-bond donors (Lipinski definition) is 0. The smallest absolute Gasteiger partial charge is 0.420 e. The number of carbonyl (C=O) groups is 3. The zero-order chi connectivity index (χ0) is 26.9. The van der Waals surface area contributed by atoms with Crippen molar-refractivity contribution in [3.05, 3.63) is 69.9 Å². The fourth-order valence-corrected chi connectivity index (χ4v) is 4.58. The number of nitro benzene ring substituents is 1. The lowest BCUT2D eigenvalue weighted by Gasteiger charge is -2.32. The van der Waals surface area contributed by atoms with Gasteiger partial charge in [-0.2, -0.15) is 0 Å². The standard InChI is InChI=1S/C24H26N4O8S/c1-4-34-22(29)19-15(3)26-18(12-37-14-36-24(31)27-10-9-25-13-27)21(23(30)35-5-2)20(19)16-7-6-8-17(11-16)28(32)33/h6-11,13,19-20H,4-5,12,14H2,1-3H3. The van der Waals surface area contributed by atoms with Gasteiger partial charge in [0.15, 0.2) is 0 Å². The van der Waals surface area contributed by atoms with Gasteiger partial charge in [0.2, 0.25) is 0 Å². The van der Waals surface area contributed by atoms with Crippen molar-refractivity contribution in [2.24, 2.45) is 10.9 Å². The van der Waals surface area contributed by atoms with E-state index < -0.39 is 34.8 Å². The van der Waals surface area contributed by atoms with Crippen LogP contribution < -0.4 is 0 Å². The molecule has 1 aromatic carbocycles. The number of imidazole rings is 1. The molecule has 13 heteroatoms. The number of carbonyl (C=O) groups excluding carboxylic acids is 3. The van der Waals surface area contributed by atoms with E-state index in [1.54, 1.807) is 26.8 Å². The van der Waals surface area contributed by atoms with Crippen LogP contribution in [0.5, 0.6) is 0 Å². The van der Waals surface area contributed by atoms with Crippen molar-refractivity contribution in [2.75, 3.05) is 24.9 Å². The van der Waals surface area contributed by atoms with Gasteiger partial charge in [0, 0.05) is 41.9 Å². The third-order valence-electron chi connectivity index (χ3n) is 5.41. The Morgan fingerprint density at radius 3 is 2.57 bits per heavy atom. The summed E-state index contributed by atoms with van der Waals surface area (Å²) in [7, 11) is 0. The maximum atomic E-state index is 13.2. The molecule has 1 aromatic heterocycles. The van der Waals surface area contributed by atoms with Crippen LogP contribution in [0.25, 0.3) is 0 Å². The Balaban J connectivity index is 1.99. The Hall–Kier alpha value is -4.00. The van der Waals surface area contributed by atoms with Crippen molar-refractivity contribution in [1.82, 2.24) is 9.55 Å². The molecule has 37 heavy (non-hydrogen) atoms. The average molecular weight is 531 g/mol. The van der Waals surface area contributed by atoms with Gasteiger partial charge in [-0.25, -0.2) is 19.1 Å². The van der Waals surface area contributed by atoms with Gasteiger partial charge >= 0.3 is 18.0 Å². The van der Waals surface area contributed by atoms with Crippen molar-refractivity contribution in [3.63, 3.8) is 0 Å². The van der Waals surface area contributed by atoms with E-state index in [1.165, 1.54) is 53.2 Å². The highest BCUT2D eigenvalue weighted by atomic mass is 32.2. The minimum atomic E-state index is -0.992. The Kier molecular flexibility index (Phi) is 9.55. The molecule has 2 heterocycles. The molecule has 0 spiro atoms. The van der Waals surface area contributed by atoms with Crippen LogP contribution >= 0.6 is 11.8 Å². The molecule has 1 aliphatic heterocycles. The van der Waals surface area contributed by atoms with Crippen molar-refractivity contribution in [3.8, 4) is 0 Å². The molecular formula is C24H26N4O8S. The molecule has 12 nitrogen and oxygen atoms in total. The van der Waals surface area contributed by atoms with Gasteiger partial charge in [-0.3, -0.25) is 19.9 Å². The zero-order valence-electron chi connectivity index (χ0n) is 20.5. The van der Waals surface area contributed by atoms with E-state index in [4.69, 9.17) is 14.2 Å². The normalized spacial score (nSPS) is 17.1. The minimum absolute atomic E-state index is 0.0477. The summed E-state index contributed by atoms with van der Waals surface area (Å²) in [6.45, 7) is 5.11. The SMILES string of the molecule is CCOC(=O)C1=C(CSCOC(=O)n2ccnc2)N=C(C)C(C(=O)OCC)C1c1cccc([N+](=O)[O-])c1. The molecule has 196 valence electrons. The molecule has 0 saturated heterocycles. The predicted molar refractivity (Wildman–Crippen MR) is 134 cm³/mol. The van der Waals surface area contributed by atoms with Crippen LogP contribution in [0, 0.1) is 16.0 Å². The second-order valence-corrected chi connectivity index (χ2v) is 8.67. The largest absolute Gasteiger partial charge is 0.465 e. The Morgan fingerprint density at radius 1 is 1.16 bits per heavy atom. The van der Waals surface area contributed by atoms with Gasteiger partial charge in [-0.15, -0.1) is 11.8 Å². The van der Waals surface area contributed by atoms with E-state index in [0.717, 1.165) is 0 Å². The molecule has 0 saturated carbocycles. The maximum Gasteiger partial charge on any atom is 0.420 e. The maximum absolute atomic E-state index is 13.2. The minimum Gasteiger partial charge on any atom is -0.465 e. The fourth-order valence-electron chi connectivity index (χ4n) is 3.90. The lowest BCUT2D eigenvalue weighted by molar-refractivity contribution is -0.384. The summed E-state index contributed by atoms with van der Waals surface area (Å²) in [6, 6.07) is 5.75. The average Bonchev–Trinajstić information content (AvgIpc) is 3.41. The molecule has 2 aromatic rings. The number of benzene rings is 1. The second kappa shape index (κ2) is 12.8. The van der Waals surface area contributed by atoms with Crippen molar-refractivity contribution in [1.29, 1.82) is 0 Å². The Morgan fingerprint density at radius 2 is 1.92 bits per heavy atom. The first-order valence-corrected chi connectivity index (χ1v) is 12.5. The highest BCUT2D eigenvalue weighted by molar-refractivity contribution is 7.99. The number of aliphatic imine (C=N–C) groups is 1. The first-order valence-electron chi connectivity index (χ1n) is 11.4. The lowest BCUT2D eigenvalue weighted by atomic mass is 9.75. The monoisotopic (exact) mass is 530 g/mol. The van der Waals surface area contributed by atoms with Crippen molar-refractivity contribution in [2.45, 2.75) is 26.7 Å². The van der Waals surface area contributed by atoms with Gasteiger partial charge in [0.25, 0.3) is 5.69 Å². The molecule has 0 fully saturated rings. The summed E-state index contributed by atoms with van der Waals surface area (Å²) < 4.78 is 16.9. The third-order valence-corrected chi connectivity index (χ3v) is 6.17. The van der Waals surface area contributed by atoms with Crippen LogP contribution in [-0.4, -0.2) is 63.1 Å². The molecule has 2 atom stereocenters. The van der Waals surface area contributed by atoms with Gasteiger partial charge < -0.3 is 14.2 Å². The van der Waals surface area contributed by atoms with Gasteiger partial charge in [0.05, 0.1) is 29.4 Å². The first-order chi connectivity index (χ1) is 17.8. The highest BCUT2D eigenvalue weighted by Gasteiger charge is 2.43. The Labute approximate surface area is 216 Å². The van der Waals surface area contributed by atoms with Crippen LogP contribution in [-0.2, 0) is 23.8 Å². The van der Waals surface area contributed by atoms with E-state index in [9.17, 15) is 24.5 Å². The van der Waals surface area contributed by atoms with Crippen LogP contribution in [0.3, 0.4) is 0 Å². The second-order valence-electron chi connectivity index (χ2n) is 7.74. The van der Waals surface area contributed by atoms with Crippen LogP contribution in [0.15, 0.2) is 59.2 Å². The van der Waals surface area contributed by atoms with E-state index >= 15 is 0 Å². The third kappa shape index (κ3) is 6.61. The number of non-ortho nitro benzene ring substituents is 1. The van der Waals surface area contributed by atoms with Crippen LogP contribution in [0.4, 0.5) is 10.5 Å². The fraction of sp³-hybridized carbons (Fsp3) is 0.375. The quantitative estimate of drug-likeness (QED) is 0.111. The van der Waals surface area contributed by atoms with Gasteiger partial charge in [-0.05, 0) is 26.3 Å². The number of nitro groups is 1. The number of rotatable bonds is 10. The predicted octanol–water partition coefficient (Wildman–Crippen LogP) is 3.72. The summed E-state index contributed by atoms with van der Waals surface area (Å²) in [5, 5.41) is 11.5. The number of thioether (sulfide) groups is 1. The van der Waals surface area contributed by atoms with Gasteiger partial charge in [0.1, 0.15) is 18.2 Å². The number of aromatic nitrogens is 2.